The van der Waals surface area contributed by atoms with Gasteiger partial charge in [-0.05, 0) is 44.7 Å². The summed E-state index contributed by atoms with van der Waals surface area (Å²) in [6, 6.07) is 5.81. The molecule has 150 valence electrons. The summed E-state index contributed by atoms with van der Waals surface area (Å²) in [5.41, 5.74) is 1.78. The molecule has 0 saturated carbocycles. The molecule has 0 spiro atoms. The number of ether oxygens (including phenoxy) is 1. The SMILES string of the molecule is COc1ccc2c(C)nc(N3CCC[C@@H](C(=O)N4CCC[C@H]4CO)C3)nc2c1. The number of amides is 1. The summed E-state index contributed by atoms with van der Waals surface area (Å²) in [5.74, 6) is 1.55. The van der Waals surface area contributed by atoms with Crippen LogP contribution in [0.1, 0.15) is 31.4 Å². The standard InChI is InChI=1S/C21H28N4O3/c1-14-18-8-7-17(28-2)11-19(18)23-21(22-14)24-9-3-5-15(12-24)20(27)25-10-4-6-16(25)13-26/h7-8,11,15-16,26H,3-6,9-10,12-13H2,1-2H3/t15-,16+/m1/s1. The van der Waals surface area contributed by atoms with Gasteiger partial charge in [0.1, 0.15) is 5.75 Å². The van der Waals surface area contributed by atoms with Crippen molar-refractivity contribution >= 4 is 22.8 Å². The lowest BCUT2D eigenvalue weighted by molar-refractivity contribution is -0.137. The van der Waals surface area contributed by atoms with Crippen LogP contribution in [0, 0.1) is 12.8 Å². The number of nitrogens with zero attached hydrogens (tertiary/aromatic N) is 4. The Hall–Kier alpha value is -2.41. The number of hydrogen-bond donors (Lipinski definition) is 1. The zero-order valence-electron chi connectivity index (χ0n) is 16.6. The number of rotatable bonds is 4. The Morgan fingerprint density at radius 3 is 2.86 bits per heavy atom. The molecule has 2 aliphatic rings. The van der Waals surface area contributed by atoms with E-state index in [2.05, 4.69) is 4.90 Å². The highest BCUT2D eigenvalue weighted by Crippen LogP contribution is 2.28. The summed E-state index contributed by atoms with van der Waals surface area (Å²) >= 11 is 0. The second kappa shape index (κ2) is 7.91. The van der Waals surface area contributed by atoms with Gasteiger partial charge in [-0.25, -0.2) is 9.97 Å². The summed E-state index contributed by atoms with van der Waals surface area (Å²) in [7, 11) is 1.65. The molecule has 0 aliphatic carbocycles. The molecule has 4 rings (SSSR count). The molecule has 1 amide bonds. The number of aryl methyl sites for hydroxylation is 1. The van der Waals surface area contributed by atoms with E-state index >= 15 is 0 Å². The lowest BCUT2D eigenvalue weighted by atomic mass is 9.96. The van der Waals surface area contributed by atoms with Gasteiger partial charge in [-0.2, -0.15) is 0 Å². The van der Waals surface area contributed by atoms with Crippen molar-refractivity contribution in [1.29, 1.82) is 0 Å². The monoisotopic (exact) mass is 384 g/mol. The Kier molecular flexibility index (Phi) is 5.35. The van der Waals surface area contributed by atoms with Crippen LogP contribution in [0.5, 0.6) is 5.75 Å². The third-order valence-corrected chi connectivity index (χ3v) is 6.01. The predicted octanol–water partition coefficient (Wildman–Crippen LogP) is 2.15. The van der Waals surface area contributed by atoms with E-state index < -0.39 is 0 Å². The van der Waals surface area contributed by atoms with Crippen LogP contribution in [-0.4, -0.2) is 65.3 Å². The highest BCUT2D eigenvalue weighted by Gasteiger charge is 2.35. The van der Waals surface area contributed by atoms with Crippen molar-refractivity contribution in [2.24, 2.45) is 5.92 Å². The normalized spacial score (nSPS) is 22.7. The van der Waals surface area contributed by atoms with E-state index in [0.29, 0.717) is 12.5 Å². The molecule has 7 heteroatoms. The Bertz CT molecular complexity index is 872. The number of piperidine rings is 1. The van der Waals surface area contributed by atoms with E-state index in [1.54, 1.807) is 7.11 Å². The third-order valence-electron chi connectivity index (χ3n) is 6.01. The molecule has 2 aromatic rings. The first-order valence-electron chi connectivity index (χ1n) is 10.1. The van der Waals surface area contributed by atoms with Gasteiger partial charge in [0, 0.05) is 31.1 Å². The van der Waals surface area contributed by atoms with Gasteiger partial charge in [0.25, 0.3) is 0 Å². The van der Waals surface area contributed by atoms with Gasteiger partial charge >= 0.3 is 0 Å². The van der Waals surface area contributed by atoms with Gasteiger partial charge in [-0.15, -0.1) is 0 Å². The Morgan fingerprint density at radius 2 is 2.07 bits per heavy atom. The second-order valence-corrected chi connectivity index (χ2v) is 7.79. The molecule has 2 saturated heterocycles. The first-order chi connectivity index (χ1) is 13.6. The number of carbonyl (C=O) groups is 1. The molecule has 2 fully saturated rings. The summed E-state index contributed by atoms with van der Waals surface area (Å²) in [6.07, 6.45) is 3.69. The van der Waals surface area contributed by atoms with Crippen LogP contribution < -0.4 is 9.64 Å². The molecule has 2 atom stereocenters. The van der Waals surface area contributed by atoms with Crippen LogP contribution in [0.25, 0.3) is 10.9 Å². The number of hydrogen-bond acceptors (Lipinski definition) is 6. The molecule has 0 bridgehead atoms. The van der Waals surface area contributed by atoms with Gasteiger partial charge in [0.15, 0.2) is 0 Å². The number of methoxy groups -OCH3 is 1. The summed E-state index contributed by atoms with van der Waals surface area (Å²) in [6.45, 7) is 4.27. The number of aromatic nitrogens is 2. The van der Waals surface area contributed by atoms with Crippen LogP contribution in [0.4, 0.5) is 5.95 Å². The molecule has 0 unspecified atom stereocenters. The van der Waals surface area contributed by atoms with Gasteiger partial charge in [0.05, 0.1) is 36.9 Å². The molecule has 7 nitrogen and oxygen atoms in total. The molecule has 0 radical (unpaired) electrons. The smallest absolute Gasteiger partial charge is 0.227 e. The lowest BCUT2D eigenvalue weighted by Crippen LogP contribution is -2.47. The zero-order chi connectivity index (χ0) is 19.7. The summed E-state index contributed by atoms with van der Waals surface area (Å²) < 4.78 is 5.33. The lowest BCUT2D eigenvalue weighted by Gasteiger charge is -2.35. The van der Waals surface area contributed by atoms with Crippen LogP contribution >= 0.6 is 0 Å². The number of aliphatic hydroxyl groups is 1. The van der Waals surface area contributed by atoms with Crippen molar-refractivity contribution in [3.8, 4) is 5.75 Å². The van der Waals surface area contributed by atoms with Gasteiger partial charge in [-0.3, -0.25) is 4.79 Å². The maximum absolute atomic E-state index is 13.0. The highest BCUT2D eigenvalue weighted by molar-refractivity contribution is 5.83. The van der Waals surface area contributed by atoms with Crippen molar-refractivity contribution in [2.45, 2.75) is 38.6 Å². The minimum Gasteiger partial charge on any atom is -0.497 e. The molecule has 1 aromatic heterocycles. The van der Waals surface area contributed by atoms with E-state index in [4.69, 9.17) is 14.7 Å². The minimum absolute atomic E-state index is 0.0190. The predicted molar refractivity (Wildman–Crippen MR) is 108 cm³/mol. The topological polar surface area (TPSA) is 78.8 Å². The summed E-state index contributed by atoms with van der Waals surface area (Å²) in [5, 5.41) is 10.6. The number of likely N-dealkylation sites (tertiary alicyclic amines) is 1. The van der Waals surface area contributed by atoms with Crippen molar-refractivity contribution in [3.05, 3.63) is 23.9 Å². The van der Waals surface area contributed by atoms with E-state index in [9.17, 15) is 9.90 Å². The number of carbonyl (C=O) groups excluding carboxylic acids is 1. The van der Waals surface area contributed by atoms with Crippen molar-refractivity contribution in [1.82, 2.24) is 14.9 Å². The number of aliphatic hydroxyl groups excluding tert-OH is 1. The van der Waals surface area contributed by atoms with Crippen molar-refractivity contribution in [2.75, 3.05) is 38.3 Å². The quantitative estimate of drug-likeness (QED) is 0.870. The molecule has 1 aromatic carbocycles. The second-order valence-electron chi connectivity index (χ2n) is 7.79. The average Bonchev–Trinajstić information content (AvgIpc) is 3.21. The molecule has 1 N–H and O–H groups in total. The average molecular weight is 384 g/mol. The number of fused-ring (bicyclic) bond motifs is 1. The Balaban J connectivity index is 1.56. The zero-order valence-corrected chi connectivity index (χ0v) is 16.6. The fraction of sp³-hybridized carbons (Fsp3) is 0.571. The van der Waals surface area contributed by atoms with Gasteiger partial charge in [-0.1, -0.05) is 0 Å². The van der Waals surface area contributed by atoms with Crippen LogP contribution in [0.2, 0.25) is 0 Å². The number of benzene rings is 1. The van der Waals surface area contributed by atoms with Crippen LogP contribution in [0.15, 0.2) is 18.2 Å². The maximum Gasteiger partial charge on any atom is 0.227 e. The van der Waals surface area contributed by atoms with Crippen molar-refractivity contribution < 1.29 is 14.6 Å². The first kappa shape index (κ1) is 18.9. The van der Waals surface area contributed by atoms with Gasteiger partial charge in [0.2, 0.25) is 11.9 Å². The largest absolute Gasteiger partial charge is 0.497 e. The van der Waals surface area contributed by atoms with Gasteiger partial charge < -0.3 is 19.6 Å². The van der Waals surface area contributed by atoms with Crippen molar-refractivity contribution in [3.63, 3.8) is 0 Å². The first-order valence-corrected chi connectivity index (χ1v) is 10.1. The molecular weight excluding hydrogens is 356 g/mol. The van der Waals surface area contributed by atoms with E-state index in [1.807, 2.05) is 30.0 Å². The fourth-order valence-electron chi connectivity index (χ4n) is 4.43. The fourth-order valence-corrected chi connectivity index (χ4v) is 4.43. The highest BCUT2D eigenvalue weighted by atomic mass is 16.5. The third kappa shape index (κ3) is 3.51. The summed E-state index contributed by atoms with van der Waals surface area (Å²) in [4.78, 5) is 26.5. The maximum atomic E-state index is 13.0. The van der Waals surface area contributed by atoms with E-state index in [0.717, 1.165) is 61.1 Å². The van der Waals surface area contributed by atoms with Crippen LogP contribution in [0.3, 0.4) is 0 Å². The van der Waals surface area contributed by atoms with Crippen LogP contribution in [-0.2, 0) is 4.79 Å². The number of anilines is 1. The Labute approximate surface area is 165 Å². The Morgan fingerprint density at radius 1 is 1.25 bits per heavy atom. The minimum atomic E-state index is -0.0641. The molecule has 3 heterocycles. The molecule has 2 aliphatic heterocycles. The molecular formula is C21H28N4O3. The van der Waals surface area contributed by atoms with E-state index in [1.165, 1.54) is 0 Å². The molecule has 28 heavy (non-hydrogen) atoms. The van der Waals surface area contributed by atoms with E-state index in [-0.39, 0.29) is 24.5 Å².